The number of rotatable bonds is 4. The van der Waals surface area contributed by atoms with Gasteiger partial charge in [-0.2, -0.15) is 0 Å². The highest BCUT2D eigenvalue weighted by atomic mass is 32.2. The van der Waals surface area contributed by atoms with Crippen molar-refractivity contribution < 1.29 is 9.29 Å². The molecule has 0 fully saturated rings. The highest BCUT2D eigenvalue weighted by Gasteiger charge is 2.28. The highest BCUT2D eigenvalue weighted by molar-refractivity contribution is 7.93. The molecule has 0 aromatic heterocycles. The average Bonchev–Trinajstić information content (AvgIpc) is 2.49. The first-order valence-electron chi connectivity index (χ1n) is 6.16. The summed E-state index contributed by atoms with van der Waals surface area (Å²) < 4.78 is 14.8. The Morgan fingerprint density at radius 3 is 2.60 bits per heavy atom. The van der Waals surface area contributed by atoms with Crippen LogP contribution in [0.1, 0.15) is 22.7 Å². The van der Waals surface area contributed by atoms with Crippen LogP contribution in [0.25, 0.3) is 4.85 Å². The Kier molecular flexibility index (Phi) is 4.67. The zero-order valence-electron chi connectivity index (χ0n) is 11.4. The first kappa shape index (κ1) is 14.4. The molecule has 0 aliphatic carbocycles. The number of para-hydroxylation sites is 1. The Labute approximate surface area is 123 Å². The molecule has 1 atom stereocenters. The zero-order chi connectivity index (χ0) is 14.5. The lowest BCUT2D eigenvalue weighted by atomic mass is 9.97. The quantitative estimate of drug-likeness (QED) is 0.833. The van der Waals surface area contributed by atoms with E-state index in [2.05, 4.69) is 4.85 Å². The molecule has 3 nitrogen and oxygen atoms in total. The van der Waals surface area contributed by atoms with E-state index in [9.17, 15) is 4.55 Å². The molecule has 0 radical (unpaired) electrons. The number of aryl methyl sites for hydroxylation is 1. The molecule has 0 aliphatic heterocycles. The summed E-state index contributed by atoms with van der Waals surface area (Å²) in [5.74, 6) is 0.723. The monoisotopic (exact) mass is 286 g/mol. The van der Waals surface area contributed by atoms with Gasteiger partial charge in [-0.25, -0.2) is 0 Å². The van der Waals surface area contributed by atoms with Crippen molar-refractivity contribution in [2.45, 2.75) is 17.9 Å². The van der Waals surface area contributed by atoms with Gasteiger partial charge in [-0.15, -0.1) is 0 Å². The van der Waals surface area contributed by atoms with Gasteiger partial charge in [0.2, 0.25) is 0 Å². The Morgan fingerprint density at radius 2 is 1.95 bits per heavy atom. The number of benzene rings is 2. The van der Waals surface area contributed by atoms with Crippen LogP contribution in [-0.4, -0.2) is 11.7 Å². The van der Waals surface area contributed by atoms with E-state index < -0.39 is 0 Å². The number of nitrogens with zero attached hydrogens (tertiary/aromatic N) is 1. The maximum Gasteiger partial charge on any atom is 0.326 e. The molecule has 2 rings (SSSR count). The van der Waals surface area contributed by atoms with Crippen LogP contribution < -0.4 is 4.74 Å². The predicted molar refractivity (Wildman–Crippen MR) is 82.8 cm³/mol. The van der Waals surface area contributed by atoms with E-state index in [0.29, 0.717) is 12.0 Å². The highest BCUT2D eigenvalue weighted by Crippen LogP contribution is 2.37. The second-order valence-electron chi connectivity index (χ2n) is 4.43. The van der Waals surface area contributed by atoms with Crippen LogP contribution in [0.15, 0.2) is 47.4 Å². The lowest BCUT2D eigenvalue weighted by Crippen LogP contribution is -2.01. The van der Waals surface area contributed by atoms with Crippen molar-refractivity contribution >= 4 is 12.0 Å². The SMILES string of the molecule is C#[N+][C@@H](c1ccccc1OC)c1ccc(C)cc1SO. The van der Waals surface area contributed by atoms with E-state index in [1.807, 2.05) is 49.4 Å². The Morgan fingerprint density at radius 1 is 1.20 bits per heavy atom. The lowest BCUT2D eigenvalue weighted by molar-refractivity contribution is 0.409. The number of hydrogen-bond acceptors (Lipinski definition) is 3. The Balaban J connectivity index is 2.56. The maximum atomic E-state index is 9.46. The van der Waals surface area contributed by atoms with Gasteiger partial charge in [-0.05, 0) is 36.8 Å². The molecule has 102 valence electrons. The molecule has 1 N–H and O–H groups in total. The topological polar surface area (TPSA) is 33.8 Å². The molecule has 0 unspecified atom stereocenters. The minimum absolute atomic E-state index is 0.374. The van der Waals surface area contributed by atoms with Gasteiger partial charge in [-0.3, -0.25) is 0 Å². The van der Waals surface area contributed by atoms with E-state index in [4.69, 9.17) is 11.3 Å². The van der Waals surface area contributed by atoms with E-state index >= 15 is 0 Å². The van der Waals surface area contributed by atoms with Gasteiger partial charge < -0.3 is 9.29 Å². The van der Waals surface area contributed by atoms with Crippen LogP contribution in [0.5, 0.6) is 5.75 Å². The first-order chi connectivity index (χ1) is 9.71. The zero-order valence-corrected chi connectivity index (χ0v) is 12.2. The molecule has 0 saturated heterocycles. The summed E-state index contributed by atoms with van der Waals surface area (Å²) in [4.78, 5) is 4.72. The molecule has 2 aromatic carbocycles. The van der Waals surface area contributed by atoms with Crippen molar-refractivity contribution in [2.75, 3.05) is 7.11 Å². The van der Waals surface area contributed by atoms with Crippen molar-refractivity contribution in [3.8, 4) is 12.3 Å². The molecule has 0 bridgehead atoms. The fourth-order valence-electron chi connectivity index (χ4n) is 2.17. The van der Waals surface area contributed by atoms with E-state index in [0.717, 1.165) is 27.3 Å². The fourth-order valence-corrected chi connectivity index (χ4v) is 2.69. The van der Waals surface area contributed by atoms with Gasteiger partial charge in [0.25, 0.3) is 6.57 Å². The third-order valence-electron chi connectivity index (χ3n) is 3.14. The second kappa shape index (κ2) is 6.47. The van der Waals surface area contributed by atoms with Crippen LogP contribution in [0, 0.1) is 13.5 Å². The average molecular weight is 286 g/mol. The minimum atomic E-state index is -0.374. The van der Waals surface area contributed by atoms with E-state index in [1.165, 1.54) is 0 Å². The van der Waals surface area contributed by atoms with Gasteiger partial charge in [-0.1, -0.05) is 23.0 Å². The molecule has 20 heavy (non-hydrogen) atoms. The van der Waals surface area contributed by atoms with E-state index in [1.54, 1.807) is 7.11 Å². The third-order valence-corrected chi connectivity index (χ3v) is 3.69. The van der Waals surface area contributed by atoms with Crippen LogP contribution >= 0.6 is 12.0 Å². The van der Waals surface area contributed by atoms with Gasteiger partial charge in [0, 0.05) is 16.9 Å². The number of methoxy groups -OCH3 is 1. The summed E-state index contributed by atoms with van der Waals surface area (Å²) in [5, 5.41) is 0. The molecular formula is C16H16NO2S+. The van der Waals surface area contributed by atoms with Gasteiger partial charge in [0.15, 0.2) is 0 Å². The van der Waals surface area contributed by atoms with Gasteiger partial charge >= 0.3 is 6.04 Å². The molecule has 2 aromatic rings. The first-order valence-corrected chi connectivity index (χ1v) is 6.93. The summed E-state index contributed by atoms with van der Waals surface area (Å²) >= 11 is 0.705. The van der Waals surface area contributed by atoms with Crippen LogP contribution in [-0.2, 0) is 0 Å². The Bertz CT molecular complexity index is 649. The van der Waals surface area contributed by atoms with Crippen molar-refractivity contribution in [1.29, 1.82) is 0 Å². The molecule has 0 saturated carbocycles. The minimum Gasteiger partial charge on any atom is -0.496 e. The standard InChI is InChI=1S/C16H15NO2S/c1-11-8-9-13(15(10-11)20-18)16(17-2)12-6-4-5-7-14(12)19-3/h2,4-10,16H,1,3H3/p+1/t16-/m0/s1. The second-order valence-corrected chi connectivity index (χ2v) is 5.05. The molecule has 4 heteroatoms. The summed E-state index contributed by atoms with van der Waals surface area (Å²) in [6.45, 7) is 7.57. The molecule has 0 aliphatic rings. The number of ether oxygens (including phenoxy) is 1. The maximum absolute atomic E-state index is 9.46. The van der Waals surface area contributed by atoms with Crippen molar-refractivity contribution in [1.82, 2.24) is 0 Å². The van der Waals surface area contributed by atoms with Gasteiger partial charge in [0.05, 0.1) is 18.2 Å². The Hall–Kier alpha value is -1.96. The van der Waals surface area contributed by atoms with Crippen molar-refractivity contribution in [3.63, 3.8) is 0 Å². The number of hydrogen-bond donors (Lipinski definition) is 1. The molecular weight excluding hydrogens is 270 g/mol. The van der Waals surface area contributed by atoms with E-state index in [-0.39, 0.29) is 6.04 Å². The fraction of sp³-hybridized carbons (Fsp3) is 0.188. The van der Waals surface area contributed by atoms with Crippen LogP contribution in [0.3, 0.4) is 0 Å². The molecule has 0 amide bonds. The third kappa shape index (κ3) is 2.79. The van der Waals surface area contributed by atoms with Gasteiger partial charge in [0.1, 0.15) is 5.75 Å². The predicted octanol–water partition coefficient (Wildman–Crippen LogP) is 4.62. The summed E-state index contributed by atoms with van der Waals surface area (Å²) in [5.41, 5.74) is 2.80. The largest absolute Gasteiger partial charge is 0.496 e. The molecule has 0 spiro atoms. The lowest BCUT2D eigenvalue weighted by Gasteiger charge is -2.11. The van der Waals surface area contributed by atoms with Crippen molar-refractivity contribution in [2.24, 2.45) is 0 Å². The summed E-state index contributed by atoms with van der Waals surface area (Å²) in [6.07, 6.45) is 0. The van der Waals surface area contributed by atoms with Crippen LogP contribution in [0.4, 0.5) is 0 Å². The molecule has 0 heterocycles. The smallest absolute Gasteiger partial charge is 0.326 e. The van der Waals surface area contributed by atoms with Crippen molar-refractivity contribution in [3.05, 3.63) is 64.0 Å². The van der Waals surface area contributed by atoms with Crippen LogP contribution in [0.2, 0.25) is 0 Å². The summed E-state index contributed by atoms with van der Waals surface area (Å²) in [6, 6.07) is 13.0. The normalized spacial score (nSPS) is 11.7. The summed E-state index contributed by atoms with van der Waals surface area (Å²) in [7, 11) is 1.61.